The summed E-state index contributed by atoms with van der Waals surface area (Å²) in [6.45, 7) is 3.05. The molecule has 0 spiro atoms. The average Bonchev–Trinajstić information content (AvgIpc) is 2.58. The quantitative estimate of drug-likeness (QED) is 0.798. The number of hydrogen-bond donors (Lipinski definition) is 1. The van der Waals surface area contributed by atoms with Gasteiger partial charge >= 0.3 is 0 Å². The molecule has 1 aliphatic rings. The Morgan fingerprint density at radius 3 is 2.78 bits per heavy atom. The van der Waals surface area contributed by atoms with Crippen LogP contribution in [-0.4, -0.2) is 13.6 Å². The molecule has 2 atom stereocenters. The molecular formula is C16H24FN. The van der Waals surface area contributed by atoms with Gasteiger partial charge in [-0.25, -0.2) is 4.39 Å². The summed E-state index contributed by atoms with van der Waals surface area (Å²) >= 11 is 0. The zero-order chi connectivity index (χ0) is 13.0. The van der Waals surface area contributed by atoms with Crippen molar-refractivity contribution in [1.82, 2.24) is 5.32 Å². The first-order chi connectivity index (χ1) is 8.72. The SMILES string of the molecule is CNCC1CCCCCC1c1cc(C)ccc1F. The normalized spacial score (nSPS) is 24.8. The predicted octanol–water partition coefficient (Wildman–Crippen LogP) is 4.02. The molecule has 2 heteroatoms. The minimum atomic E-state index is -0.0198. The van der Waals surface area contributed by atoms with Crippen LogP contribution in [0.3, 0.4) is 0 Å². The van der Waals surface area contributed by atoms with E-state index in [1.807, 2.05) is 26.1 Å². The molecular weight excluding hydrogens is 225 g/mol. The molecule has 0 saturated heterocycles. The van der Waals surface area contributed by atoms with Crippen LogP contribution in [0.15, 0.2) is 18.2 Å². The van der Waals surface area contributed by atoms with Crippen molar-refractivity contribution in [1.29, 1.82) is 0 Å². The van der Waals surface area contributed by atoms with Gasteiger partial charge in [-0.1, -0.05) is 37.0 Å². The van der Waals surface area contributed by atoms with Crippen LogP contribution in [0.4, 0.5) is 4.39 Å². The van der Waals surface area contributed by atoms with Crippen molar-refractivity contribution in [3.8, 4) is 0 Å². The van der Waals surface area contributed by atoms with E-state index in [4.69, 9.17) is 0 Å². The van der Waals surface area contributed by atoms with Crippen LogP contribution >= 0.6 is 0 Å². The average molecular weight is 249 g/mol. The van der Waals surface area contributed by atoms with E-state index in [2.05, 4.69) is 5.32 Å². The van der Waals surface area contributed by atoms with Gasteiger partial charge in [0.1, 0.15) is 5.82 Å². The van der Waals surface area contributed by atoms with Crippen LogP contribution in [0.2, 0.25) is 0 Å². The van der Waals surface area contributed by atoms with E-state index in [1.165, 1.54) is 31.2 Å². The monoisotopic (exact) mass is 249 g/mol. The molecule has 1 N–H and O–H groups in total. The Kier molecular flexibility index (Phi) is 4.76. The Labute approximate surface area is 110 Å². The van der Waals surface area contributed by atoms with Gasteiger partial charge in [0.2, 0.25) is 0 Å². The Bertz CT molecular complexity index is 389. The first-order valence-corrected chi connectivity index (χ1v) is 7.13. The van der Waals surface area contributed by atoms with Gasteiger partial charge < -0.3 is 5.32 Å². The third-order valence-corrected chi connectivity index (χ3v) is 4.18. The fraction of sp³-hybridized carbons (Fsp3) is 0.625. The molecule has 1 aromatic carbocycles. The van der Waals surface area contributed by atoms with Gasteiger partial charge in [0.25, 0.3) is 0 Å². The Morgan fingerprint density at radius 1 is 1.22 bits per heavy atom. The Hall–Kier alpha value is -0.890. The van der Waals surface area contributed by atoms with Crippen molar-refractivity contribution < 1.29 is 4.39 Å². The van der Waals surface area contributed by atoms with Crippen molar-refractivity contribution in [2.24, 2.45) is 5.92 Å². The number of benzene rings is 1. The molecule has 1 saturated carbocycles. The minimum Gasteiger partial charge on any atom is -0.319 e. The first kappa shape index (κ1) is 13.5. The molecule has 0 heterocycles. The van der Waals surface area contributed by atoms with E-state index in [-0.39, 0.29) is 5.82 Å². The number of halogens is 1. The van der Waals surface area contributed by atoms with Crippen molar-refractivity contribution in [3.05, 3.63) is 35.1 Å². The highest BCUT2D eigenvalue weighted by Gasteiger charge is 2.26. The van der Waals surface area contributed by atoms with E-state index in [1.54, 1.807) is 6.07 Å². The summed E-state index contributed by atoms with van der Waals surface area (Å²) in [5.41, 5.74) is 2.11. The standard InChI is InChI=1S/C16H24FN/c1-12-8-9-16(17)15(10-12)14-7-5-3-4-6-13(14)11-18-2/h8-10,13-14,18H,3-7,11H2,1-2H3. The summed E-state index contributed by atoms with van der Waals surface area (Å²) < 4.78 is 14.1. The molecule has 0 bridgehead atoms. The van der Waals surface area contributed by atoms with Crippen molar-refractivity contribution >= 4 is 0 Å². The second-order valence-electron chi connectivity index (χ2n) is 5.59. The van der Waals surface area contributed by atoms with Crippen LogP contribution in [0, 0.1) is 18.7 Å². The van der Waals surface area contributed by atoms with Crippen molar-refractivity contribution in [3.63, 3.8) is 0 Å². The Morgan fingerprint density at radius 2 is 2.00 bits per heavy atom. The van der Waals surface area contributed by atoms with Gasteiger partial charge in [-0.05, 0) is 56.8 Å². The molecule has 1 aromatic rings. The summed E-state index contributed by atoms with van der Waals surface area (Å²) in [5.74, 6) is 0.947. The highest BCUT2D eigenvalue weighted by Crippen LogP contribution is 2.37. The summed E-state index contributed by atoms with van der Waals surface area (Å²) in [6, 6.07) is 5.54. The topological polar surface area (TPSA) is 12.0 Å². The van der Waals surface area contributed by atoms with Crippen LogP contribution in [-0.2, 0) is 0 Å². The maximum Gasteiger partial charge on any atom is 0.126 e. The van der Waals surface area contributed by atoms with Crippen LogP contribution in [0.1, 0.15) is 49.1 Å². The molecule has 1 fully saturated rings. The van der Waals surface area contributed by atoms with Gasteiger partial charge in [-0.3, -0.25) is 0 Å². The van der Waals surface area contributed by atoms with Crippen molar-refractivity contribution in [2.45, 2.75) is 44.9 Å². The maximum absolute atomic E-state index is 14.1. The maximum atomic E-state index is 14.1. The lowest BCUT2D eigenvalue weighted by molar-refractivity contribution is 0.376. The molecule has 2 rings (SSSR count). The molecule has 1 nitrogen and oxygen atoms in total. The van der Waals surface area contributed by atoms with Gasteiger partial charge in [0.15, 0.2) is 0 Å². The summed E-state index contributed by atoms with van der Waals surface area (Å²) in [5, 5.41) is 3.28. The third-order valence-electron chi connectivity index (χ3n) is 4.18. The molecule has 0 radical (unpaired) electrons. The van der Waals surface area contributed by atoms with E-state index in [9.17, 15) is 4.39 Å². The smallest absolute Gasteiger partial charge is 0.126 e. The number of nitrogens with one attached hydrogen (secondary N) is 1. The van der Waals surface area contributed by atoms with Crippen LogP contribution < -0.4 is 5.32 Å². The number of aryl methyl sites for hydroxylation is 1. The molecule has 0 aromatic heterocycles. The minimum absolute atomic E-state index is 0.0198. The second kappa shape index (κ2) is 6.33. The van der Waals surface area contributed by atoms with E-state index in [0.717, 1.165) is 18.5 Å². The van der Waals surface area contributed by atoms with Gasteiger partial charge in [0, 0.05) is 0 Å². The summed E-state index contributed by atoms with van der Waals surface area (Å²) in [7, 11) is 1.99. The van der Waals surface area contributed by atoms with Gasteiger partial charge in [-0.15, -0.1) is 0 Å². The van der Waals surface area contributed by atoms with Crippen LogP contribution in [0.5, 0.6) is 0 Å². The van der Waals surface area contributed by atoms with E-state index >= 15 is 0 Å². The lowest BCUT2D eigenvalue weighted by atomic mass is 9.81. The zero-order valence-electron chi connectivity index (χ0n) is 11.5. The van der Waals surface area contributed by atoms with Gasteiger partial charge in [-0.2, -0.15) is 0 Å². The fourth-order valence-corrected chi connectivity index (χ4v) is 3.25. The molecule has 2 unspecified atom stereocenters. The highest BCUT2D eigenvalue weighted by atomic mass is 19.1. The molecule has 0 amide bonds. The summed E-state index contributed by atoms with van der Waals surface area (Å²) in [6.07, 6.45) is 6.17. The second-order valence-corrected chi connectivity index (χ2v) is 5.59. The zero-order valence-corrected chi connectivity index (χ0v) is 11.5. The molecule has 18 heavy (non-hydrogen) atoms. The van der Waals surface area contributed by atoms with Crippen molar-refractivity contribution in [2.75, 3.05) is 13.6 Å². The van der Waals surface area contributed by atoms with E-state index < -0.39 is 0 Å². The first-order valence-electron chi connectivity index (χ1n) is 7.13. The highest BCUT2D eigenvalue weighted by molar-refractivity contribution is 5.28. The fourth-order valence-electron chi connectivity index (χ4n) is 3.25. The Balaban J connectivity index is 2.28. The molecule has 1 aliphatic carbocycles. The largest absolute Gasteiger partial charge is 0.319 e. The molecule has 0 aliphatic heterocycles. The summed E-state index contributed by atoms with van der Waals surface area (Å²) in [4.78, 5) is 0. The van der Waals surface area contributed by atoms with Gasteiger partial charge in [0.05, 0.1) is 0 Å². The van der Waals surface area contributed by atoms with Crippen LogP contribution in [0.25, 0.3) is 0 Å². The number of rotatable bonds is 3. The lowest BCUT2D eigenvalue weighted by Gasteiger charge is -2.26. The molecule has 100 valence electrons. The third kappa shape index (κ3) is 3.11. The van der Waals surface area contributed by atoms with E-state index in [0.29, 0.717) is 11.8 Å². The predicted molar refractivity (Wildman–Crippen MR) is 74.4 cm³/mol. The lowest BCUT2D eigenvalue weighted by Crippen LogP contribution is -2.24. The number of hydrogen-bond acceptors (Lipinski definition) is 1.